The maximum atomic E-state index is 14.0. The Morgan fingerprint density at radius 1 is 0.556 bits per heavy atom. The SMILES string of the molecule is CC(C)[C@H](NC(=O)CSc1ccccn1)C(=O)N[C@@H](Cc1ccccc1)C(O)[C@H](Cc1ccccc1)NC(=O)[C@@H](NC(=O)CSc1ccccn1)C(C)C. The first kappa shape index (κ1) is 42.0. The molecule has 2 aromatic carbocycles. The molecule has 0 unspecified atom stereocenters. The minimum atomic E-state index is -1.27. The number of carbonyl (C=O) groups excluding carboxylic acids is 4. The molecule has 4 amide bonds. The first-order valence-electron chi connectivity index (χ1n) is 18.0. The second-order valence-corrected chi connectivity index (χ2v) is 15.6. The molecule has 5 N–H and O–H groups in total. The summed E-state index contributed by atoms with van der Waals surface area (Å²) in [6, 6.07) is 26.3. The van der Waals surface area contributed by atoms with E-state index in [9.17, 15) is 24.3 Å². The van der Waals surface area contributed by atoms with Gasteiger partial charge in [-0.2, -0.15) is 0 Å². The van der Waals surface area contributed by atoms with Gasteiger partial charge in [0, 0.05) is 12.4 Å². The number of aliphatic hydroxyl groups excluding tert-OH is 1. The number of thioether (sulfide) groups is 2. The number of amides is 4. The van der Waals surface area contributed by atoms with Gasteiger partial charge < -0.3 is 26.4 Å². The molecule has 4 rings (SSSR count). The number of pyridine rings is 2. The third-order valence-electron chi connectivity index (χ3n) is 8.59. The molecule has 0 aliphatic carbocycles. The predicted molar refractivity (Wildman–Crippen MR) is 214 cm³/mol. The average Bonchev–Trinajstić information content (AvgIpc) is 3.17. The van der Waals surface area contributed by atoms with Crippen LogP contribution in [0.3, 0.4) is 0 Å². The monoisotopic (exact) mass is 770 g/mol. The van der Waals surface area contributed by atoms with Crippen molar-refractivity contribution in [3.63, 3.8) is 0 Å². The molecule has 2 heterocycles. The molecule has 0 saturated carbocycles. The number of aliphatic hydroxyl groups is 1. The lowest BCUT2D eigenvalue weighted by Gasteiger charge is -2.34. The summed E-state index contributed by atoms with van der Waals surface area (Å²) < 4.78 is 0. The highest BCUT2D eigenvalue weighted by molar-refractivity contribution is 8.00. The molecular formula is C41H50N6O5S2. The van der Waals surface area contributed by atoms with Crippen molar-refractivity contribution < 1.29 is 24.3 Å². The number of carbonyl (C=O) groups is 4. The number of nitrogens with zero attached hydrogens (tertiary/aromatic N) is 2. The Morgan fingerprint density at radius 2 is 0.926 bits per heavy atom. The zero-order valence-corrected chi connectivity index (χ0v) is 32.7. The van der Waals surface area contributed by atoms with Gasteiger partial charge in [0.1, 0.15) is 12.1 Å². The molecule has 0 fully saturated rings. The molecule has 0 aliphatic rings. The van der Waals surface area contributed by atoms with Crippen molar-refractivity contribution in [3.8, 4) is 0 Å². The van der Waals surface area contributed by atoms with E-state index in [-0.39, 0.29) is 48.0 Å². The van der Waals surface area contributed by atoms with Gasteiger partial charge in [0.25, 0.3) is 0 Å². The molecule has 0 saturated heterocycles. The van der Waals surface area contributed by atoms with E-state index in [2.05, 4.69) is 31.2 Å². The van der Waals surface area contributed by atoms with Crippen LogP contribution in [0.1, 0.15) is 38.8 Å². The van der Waals surface area contributed by atoms with Crippen LogP contribution in [0.5, 0.6) is 0 Å². The molecule has 4 aromatic rings. The summed E-state index contributed by atoms with van der Waals surface area (Å²) in [6.45, 7) is 7.36. The Kier molecular flexibility index (Phi) is 17.0. The molecule has 0 aliphatic heterocycles. The number of rotatable bonds is 20. The molecular weight excluding hydrogens is 721 g/mol. The molecule has 13 heteroatoms. The van der Waals surface area contributed by atoms with E-state index in [0.717, 1.165) is 11.1 Å². The fraction of sp³-hybridized carbons (Fsp3) is 0.366. The third-order valence-corrected chi connectivity index (χ3v) is 10.5. The van der Waals surface area contributed by atoms with Gasteiger partial charge in [-0.25, -0.2) is 9.97 Å². The molecule has 54 heavy (non-hydrogen) atoms. The summed E-state index contributed by atoms with van der Waals surface area (Å²) in [5.41, 5.74) is 1.72. The van der Waals surface area contributed by atoms with Gasteiger partial charge in [-0.15, -0.1) is 0 Å². The highest BCUT2D eigenvalue weighted by Gasteiger charge is 2.35. The number of aromatic nitrogens is 2. The van der Waals surface area contributed by atoms with Gasteiger partial charge in [0.2, 0.25) is 23.6 Å². The number of hydrogen-bond donors (Lipinski definition) is 5. The van der Waals surface area contributed by atoms with Gasteiger partial charge in [0.15, 0.2) is 0 Å². The first-order chi connectivity index (χ1) is 26.0. The zero-order chi connectivity index (χ0) is 38.9. The lowest BCUT2D eigenvalue weighted by Crippen LogP contribution is -2.61. The Balaban J connectivity index is 1.54. The second kappa shape index (κ2) is 21.9. The average molecular weight is 771 g/mol. The minimum Gasteiger partial charge on any atom is -0.389 e. The van der Waals surface area contributed by atoms with Crippen molar-refractivity contribution in [2.75, 3.05) is 11.5 Å². The summed E-state index contributed by atoms with van der Waals surface area (Å²) >= 11 is 2.54. The van der Waals surface area contributed by atoms with Crippen LogP contribution in [0, 0.1) is 11.8 Å². The van der Waals surface area contributed by atoms with E-state index >= 15 is 0 Å². The zero-order valence-electron chi connectivity index (χ0n) is 31.1. The summed E-state index contributed by atoms with van der Waals surface area (Å²) in [6.07, 6.45) is 2.53. The predicted octanol–water partition coefficient (Wildman–Crippen LogP) is 4.46. The van der Waals surface area contributed by atoms with E-state index in [1.807, 2.05) is 113 Å². The molecule has 4 atom stereocenters. The lowest BCUT2D eigenvalue weighted by atomic mass is 9.91. The van der Waals surface area contributed by atoms with Crippen LogP contribution in [-0.2, 0) is 32.0 Å². The molecule has 0 radical (unpaired) electrons. The quantitative estimate of drug-likeness (QED) is 0.0818. The van der Waals surface area contributed by atoms with Crippen molar-refractivity contribution >= 4 is 47.2 Å². The van der Waals surface area contributed by atoms with Gasteiger partial charge >= 0.3 is 0 Å². The smallest absolute Gasteiger partial charge is 0.243 e. The summed E-state index contributed by atoms with van der Waals surface area (Å²) in [5.74, 6) is -1.95. The third kappa shape index (κ3) is 13.9. The van der Waals surface area contributed by atoms with Crippen LogP contribution < -0.4 is 21.3 Å². The van der Waals surface area contributed by atoms with Gasteiger partial charge in [-0.05, 0) is 60.1 Å². The number of nitrogens with one attached hydrogen (secondary N) is 4. The lowest BCUT2D eigenvalue weighted by molar-refractivity contribution is -0.131. The fourth-order valence-electron chi connectivity index (χ4n) is 5.72. The summed E-state index contributed by atoms with van der Waals surface area (Å²) in [4.78, 5) is 62.5. The molecule has 11 nitrogen and oxygen atoms in total. The molecule has 0 spiro atoms. The normalized spacial score (nSPS) is 13.5. The van der Waals surface area contributed by atoms with E-state index in [1.54, 1.807) is 24.5 Å². The Labute approximate surface area is 326 Å². The molecule has 286 valence electrons. The summed E-state index contributed by atoms with van der Waals surface area (Å²) in [5, 5.41) is 25.4. The van der Waals surface area contributed by atoms with E-state index in [0.29, 0.717) is 10.1 Å². The number of hydrogen-bond acceptors (Lipinski definition) is 9. The second-order valence-electron chi connectivity index (χ2n) is 13.6. The Hall–Kier alpha value is -4.72. The van der Waals surface area contributed by atoms with Crippen LogP contribution in [0.2, 0.25) is 0 Å². The highest BCUT2D eigenvalue weighted by Crippen LogP contribution is 2.18. The highest BCUT2D eigenvalue weighted by atomic mass is 32.2. The first-order valence-corrected chi connectivity index (χ1v) is 20.0. The van der Waals surface area contributed by atoms with E-state index < -0.39 is 42.1 Å². The van der Waals surface area contributed by atoms with Crippen LogP contribution in [0.4, 0.5) is 0 Å². The van der Waals surface area contributed by atoms with Crippen LogP contribution >= 0.6 is 23.5 Å². The van der Waals surface area contributed by atoms with Crippen LogP contribution in [0.25, 0.3) is 0 Å². The van der Waals surface area contributed by atoms with Gasteiger partial charge in [0.05, 0.1) is 39.7 Å². The Bertz CT molecular complexity index is 1620. The maximum Gasteiger partial charge on any atom is 0.243 e. The van der Waals surface area contributed by atoms with Gasteiger partial charge in [-0.3, -0.25) is 19.2 Å². The molecule has 0 bridgehead atoms. The van der Waals surface area contributed by atoms with Crippen molar-refractivity contribution in [2.24, 2.45) is 11.8 Å². The van der Waals surface area contributed by atoms with Crippen molar-refractivity contribution in [1.82, 2.24) is 31.2 Å². The van der Waals surface area contributed by atoms with Crippen LogP contribution in [0.15, 0.2) is 120 Å². The maximum absolute atomic E-state index is 14.0. The fourth-order valence-corrected chi connectivity index (χ4v) is 7.06. The standard InChI is InChI=1S/C41H50N6O5S2/c1-27(2)37(46-33(48)25-53-35-19-11-13-21-42-35)40(51)44-31(23-29-15-7-5-8-16-29)39(50)32(24-30-17-9-6-10-18-30)45-41(52)38(28(3)4)47-34(49)26-54-36-20-12-14-22-43-36/h5-22,27-28,31-32,37-39,50H,23-26H2,1-4H3,(H,44,51)(H,45,52)(H,46,48)(H,47,49)/t31-,32-,37-,38-/m0/s1. The van der Waals surface area contributed by atoms with Crippen LogP contribution in [-0.4, -0.2) is 80.5 Å². The largest absolute Gasteiger partial charge is 0.389 e. The van der Waals surface area contributed by atoms with Crippen molar-refractivity contribution in [2.45, 2.75) is 80.9 Å². The van der Waals surface area contributed by atoms with E-state index in [1.165, 1.54) is 23.5 Å². The van der Waals surface area contributed by atoms with Crippen molar-refractivity contribution in [3.05, 3.63) is 121 Å². The molecule has 2 aromatic heterocycles. The summed E-state index contributed by atoms with van der Waals surface area (Å²) in [7, 11) is 0. The van der Waals surface area contributed by atoms with Gasteiger partial charge in [-0.1, -0.05) is 124 Å². The van der Waals surface area contributed by atoms with Crippen molar-refractivity contribution in [1.29, 1.82) is 0 Å². The Morgan fingerprint density at radius 3 is 1.26 bits per heavy atom. The topological polar surface area (TPSA) is 162 Å². The number of benzene rings is 2. The van der Waals surface area contributed by atoms with E-state index in [4.69, 9.17) is 0 Å². The minimum absolute atomic E-state index is 0.0736.